The molecule has 0 bridgehead atoms. The molecule has 0 unspecified atom stereocenters. The van der Waals surface area contributed by atoms with Crippen LogP contribution in [-0.2, 0) is 4.79 Å². The highest BCUT2D eigenvalue weighted by Gasteiger charge is 2.58. The third-order valence-electron chi connectivity index (χ3n) is 10.1. The van der Waals surface area contributed by atoms with Crippen LogP contribution in [0.15, 0.2) is 42.1 Å². The van der Waals surface area contributed by atoms with Crippen molar-refractivity contribution in [3.05, 3.63) is 42.1 Å². The Morgan fingerprint density at radius 1 is 1.03 bits per heavy atom. The maximum absolute atomic E-state index is 12.7. The van der Waals surface area contributed by atoms with Crippen LogP contribution >= 0.6 is 0 Å². The Balaban J connectivity index is 1.22. The van der Waals surface area contributed by atoms with Gasteiger partial charge in [-0.05, 0) is 92.4 Å². The number of rotatable bonds is 3. The van der Waals surface area contributed by atoms with Crippen molar-refractivity contribution in [2.24, 2.45) is 28.6 Å². The molecule has 1 aromatic carbocycles. The summed E-state index contributed by atoms with van der Waals surface area (Å²) in [4.78, 5) is 12.7. The Bertz CT molecular complexity index is 1100. The lowest BCUT2D eigenvalue weighted by Crippen LogP contribution is -2.50. The van der Waals surface area contributed by atoms with E-state index in [9.17, 15) is 4.79 Å². The zero-order valence-electron chi connectivity index (χ0n) is 20.1. The summed E-state index contributed by atoms with van der Waals surface area (Å²) in [7, 11) is 1.68. The van der Waals surface area contributed by atoms with E-state index in [1.807, 2.05) is 24.3 Å². The minimum Gasteiger partial charge on any atom is -0.497 e. The fourth-order valence-corrected chi connectivity index (χ4v) is 7.99. The number of carbonyl (C=O) groups is 1. The molecular formula is C28H35N3O2. The van der Waals surface area contributed by atoms with Crippen molar-refractivity contribution >= 4 is 5.78 Å². The van der Waals surface area contributed by atoms with E-state index in [2.05, 4.69) is 41.1 Å². The largest absolute Gasteiger partial charge is 0.497 e. The Morgan fingerprint density at radius 2 is 1.79 bits per heavy atom. The first-order valence-electron chi connectivity index (χ1n) is 12.7. The Morgan fingerprint density at radius 3 is 2.58 bits per heavy atom. The first kappa shape index (κ1) is 21.1. The van der Waals surface area contributed by atoms with Crippen molar-refractivity contribution < 1.29 is 9.53 Å². The molecule has 5 nitrogen and oxygen atoms in total. The zero-order chi connectivity index (χ0) is 22.8. The molecule has 3 saturated carbocycles. The average Bonchev–Trinajstić information content (AvgIpc) is 3.44. The first-order valence-corrected chi connectivity index (χ1v) is 12.7. The van der Waals surface area contributed by atoms with Crippen molar-refractivity contribution in [1.29, 1.82) is 0 Å². The predicted molar refractivity (Wildman–Crippen MR) is 128 cm³/mol. The monoisotopic (exact) mass is 445 g/mol. The minimum absolute atomic E-state index is 0.0430. The lowest BCUT2D eigenvalue weighted by atomic mass is 9.48. The summed E-state index contributed by atoms with van der Waals surface area (Å²) in [5.41, 5.74) is 3.86. The van der Waals surface area contributed by atoms with Crippen molar-refractivity contribution in [2.45, 2.75) is 71.3 Å². The summed E-state index contributed by atoms with van der Waals surface area (Å²) >= 11 is 0. The number of carbonyl (C=O) groups excluding carboxylic acids is 1. The van der Waals surface area contributed by atoms with Crippen LogP contribution < -0.4 is 4.74 Å². The molecular weight excluding hydrogens is 410 g/mol. The van der Waals surface area contributed by atoms with Gasteiger partial charge in [-0.1, -0.05) is 30.7 Å². The van der Waals surface area contributed by atoms with Crippen LogP contribution in [0.4, 0.5) is 0 Å². The van der Waals surface area contributed by atoms with E-state index in [-0.39, 0.29) is 10.8 Å². The van der Waals surface area contributed by atoms with Crippen LogP contribution in [0.2, 0.25) is 0 Å². The molecule has 0 radical (unpaired) electrons. The zero-order valence-corrected chi connectivity index (χ0v) is 20.1. The SMILES string of the molecule is COc1ccc(-c2cn([C@@H]3CC[C@@]4(C)C(=CC[C@@H]5[C@@H]4CC[C@]4(C)C(=O)CC[C@@H]54)C3)nn2)cc1. The molecule has 6 atom stereocenters. The molecule has 0 spiro atoms. The topological polar surface area (TPSA) is 57.0 Å². The van der Waals surface area contributed by atoms with Gasteiger partial charge in [0.25, 0.3) is 0 Å². The third-order valence-corrected chi connectivity index (χ3v) is 10.1. The number of allylic oxidation sites excluding steroid dienone is 2. The Kier molecular flexibility index (Phi) is 4.83. The highest BCUT2D eigenvalue weighted by atomic mass is 16.5. The number of Topliss-reactive ketones (excluding diaryl/α,β-unsaturated/α-hetero) is 1. The lowest BCUT2D eigenvalue weighted by molar-refractivity contribution is -0.131. The van der Waals surface area contributed by atoms with Crippen molar-refractivity contribution in [1.82, 2.24) is 15.0 Å². The van der Waals surface area contributed by atoms with Gasteiger partial charge in [-0.3, -0.25) is 4.79 Å². The maximum atomic E-state index is 12.7. The minimum atomic E-state index is -0.0430. The van der Waals surface area contributed by atoms with Crippen LogP contribution in [0.25, 0.3) is 11.3 Å². The van der Waals surface area contributed by atoms with Gasteiger partial charge in [0.05, 0.1) is 19.3 Å². The van der Waals surface area contributed by atoms with Crippen LogP contribution in [0.3, 0.4) is 0 Å². The van der Waals surface area contributed by atoms with Gasteiger partial charge in [0.15, 0.2) is 0 Å². The van der Waals surface area contributed by atoms with Gasteiger partial charge in [-0.15, -0.1) is 5.10 Å². The standard InChI is InChI=1S/C28H35N3O2/c1-27-14-12-20(31-17-25(29-30-31)18-4-7-21(33-3)8-5-18)16-19(27)6-9-22-23-10-11-26(32)28(23,2)15-13-24(22)27/h4-8,17,20,22-24H,9-16H2,1-3H3/t20-,22+,23+,24+,27+,28+/m1/s1. The average molecular weight is 446 g/mol. The Labute approximate surface area is 196 Å². The summed E-state index contributed by atoms with van der Waals surface area (Å²) in [6, 6.07) is 8.40. The second-order valence-corrected chi connectivity index (χ2v) is 11.4. The van der Waals surface area contributed by atoms with Crippen LogP contribution in [0.1, 0.15) is 71.3 Å². The summed E-state index contributed by atoms with van der Waals surface area (Å²) in [5.74, 6) is 3.40. The van der Waals surface area contributed by atoms with Crippen molar-refractivity contribution in [3.8, 4) is 17.0 Å². The van der Waals surface area contributed by atoms with Crippen LogP contribution in [-0.4, -0.2) is 27.9 Å². The number of aromatic nitrogens is 3. The number of fused-ring (bicyclic) bond motifs is 5. The molecule has 2 aromatic rings. The van der Waals surface area contributed by atoms with Crippen molar-refractivity contribution in [3.63, 3.8) is 0 Å². The second-order valence-electron chi connectivity index (χ2n) is 11.4. The molecule has 0 amide bonds. The summed E-state index contributed by atoms with van der Waals surface area (Å²) < 4.78 is 7.37. The van der Waals surface area contributed by atoms with Gasteiger partial charge in [0.1, 0.15) is 17.2 Å². The molecule has 0 saturated heterocycles. The molecule has 3 fully saturated rings. The molecule has 174 valence electrons. The molecule has 33 heavy (non-hydrogen) atoms. The van der Waals surface area contributed by atoms with E-state index in [1.165, 1.54) is 12.8 Å². The van der Waals surface area contributed by atoms with E-state index in [4.69, 9.17) is 4.74 Å². The van der Waals surface area contributed by atoms with E-state index in [0.717, 1.165) is 61.4 Å². The normalized spacial score (nSPS) is 37.7. The molecule has 6 rings (SSSR count). The number of ketones is 1. The molecule has 0 N–H and O–H groups in total. The van der Waals surface area contributed by atoms with Gasteiger partial charge in [0.2, 0.25) is 0 Å². The van der Waals surface area contributed by atoms with E-state index in [0.29, 0.717) is 23.7 Å². The highest BCUT2D eigenvalue weighted by Crippen LogP contribution is 2.64. The van der Waals surface area contributed by atoms with E-state index in [1.54, 1.807) is 12.7 Å². The van der Waals surface area contributed by atoms with Crippen molar-refractivity contribution in [2.75, 3.05) is 7.11 Å². The molecule has 4 aliphatic rings. The fourth-order valence-electron chi connectivity index (χ4n) is 7.99. The van der Waals surface area contributed by atoms with E-state index < -0.39 is 0 Å². The van der Waals surface area contributed by atoms with Gasteiger partial charge < -0.3 is 4.74 Å². The summed E-state index contributed by atoms with van der Waals surface area (Å²) in [5, 5.41) is 9.01. The quantitative estimate of drug-likeness (QED) is 0.542. The van der Waals surface area contributed by atoms with Crippen LogP contribution in [0, 0.1) is 28.6 Å². The Hall–Kier alpha value is -2.43. The van der Waals surface area contributed by atoms with Crippen LogP contribution in [0.5, 0.6) is 5.75 Å². The van der Waals surface area contributed by atoms with Gasteiger partial charge >= 0.3 is 0 Å². The van der Waals surface area contributed by atoms with E-state index >= 15 is 0 Å². The highest BCUT2D eigenvalue weighted by molar-refractivity contribution is 5.87. The first-order chi connectivity index (χ1) is 15.9. The smallest absolute Gasteiger partial charge is 0.139 e. The molecule has 1 heterocycles. The number of nitrogens with zero attached hydrogens (tertiary/aromatic N) is 3. The molecule has 4 aliphatic carbocycles. The molecule has 1 aromatic heterocycles. The number of hydrogen-bond acceptors (Lipinski definition) is 4. The molecule has 0 aliphatic heterocycles. The summed E-state index contributed by atoms with van der Waals surface area (Å²) in [6.07, 6.45) is 13.5. The van der Waals surface area contributed by atoms with Gasteiger partial charge in [-0.25, -0.2) is 4.68 Å². The number of hydrogen-bond donors (Lipinski definition) is 0. The predicted octanol–water partition coefficient (Wildman–Crippen LogP) is 6.03. The second kappa shape index (κ2) is 7.54. The lowest BCUT2D eigenvalue weighted by Gasteiger charge is -2.57. The third kappa shape index (κ3) is 3.14. The van der Waals surface area contributed by atoms with Gasteiger partial charge in [0, 0.05) is 17.4 Å². The summed E-state index contributed by atoms with van der Waals surface area (Å²) in [6.45, 7) is 4.79. The number of ether oxygens (including phenoxy) is 1. The number of benzene rings is 1. The number of methoxy groups -OCH3 is 1. The fraction of sp³-hybridized carbons (Fsp3) is 0.607. The maximum Gasteiger partial charge on any atom is 0.139 e. The molecule has 5 heteroatoms. The van der Waals surface area contributed by atoms with Gasteiger partial charge in [-0.2, -0.15) is 0 Å².